The Bertz CT molecular complexity index is 1230. The van der Waals surface area contributed by atoms with Gasteiger partial charge in [0.25, 0.3) is 5.91 Å². The molecule has 3 aromatic rings. The number of rotatable bonds is 10. The van der Waals surface area contributed by atoms with E-state index in [0.29, 0.717) is 33.8 Å². The summed E-state index contributed by atoms with van der Waals surface area (Å²) in [4.78, 5) is 30.1. The number of halogens is 1. The summed E-state index contributed by atoms with van der Waals surface area (Å²) < 4.78 is 0.578. The maximum absolute atomic E-state index is 13.1. The zero-order chi connectivity index (χ0) is 25.3. The molecule has 0 atom stereocenters. The van der Waals surface area contributed by atoms with Gasteiger partial charge in [-0.1, -0.05) is 103 Å². The van der Waals surface area contributed by atoms with E-state index in [9.17, 15) is 9.59 Å². The van der Waals surface area contributed by atoms with Crippen LogP contribution in [0.25, 0.3) is 6.08 Å². The third-order valence-electron chi connectivity index (χ3n) is 5.87. The number of hydrogen-bond donors (Lipinski definition) is 0. The summed E-state index contributed by atoms with van der Waals surface area (Å²) in [5, 5.41) is 0.658. The summed E-state index contributed by atoms with van der Waals surface area (Å²) in [6.45, 7) is 1.10. The lowest BCUT2D eigenvalue weighted by Crippen LogP contribution is -2.30. The molecular formula is C29H27ClN2O2S2. The van der Waals surface area contributed by atoms with Crippen LogP contribution < -0.4 is 4.90 Å². The van der Waals surface area contributed by atoms with Crippen LogP contribution in [0.2, 0.25) is 5.02 Å². The van der Waals surface area contributed by atoms with Gasteiger partial charge in [-0.15, -0.1) is 0 Å². The molecule has 1 saturated heterocycles. The summed E-state index contributed by atoms with van der Waals surface area (Å²) in [6.07, 6.45) is 4.69. The van der Waals surface area contributed by atoms with Gasteiger partial charge in [0.2, 0.25) is 5.91 Å². The third-order valence-corrected chi connectivity index (χ3v) is 7.50. The molecule has 1 aliphatic heterocycles. The summed E-state index contributed by atoms with van der Waals surface area (Å²) >= 11 is 12.7. The van der Waals surface area contributed by atoms with Gasteiger partial charge in [0.1, 0.15) is 4.32 Å². The van der Waals surface area contributed by atoms with Crippen LogP contribution in [-0.2, 0) is 16.1 Å². The van der Waals surface area contributed by atoms with Gasteiger partial charge in [-0.05, 0) is 54.3 Å². The van der Waals surface area contributed by atoms with Crippen LogP contribution in [0, 0.1) is 0 Å². The van der Waals surface area contributed by atoms with Gasteiger partial charge in [0, 0.05) is 23.7 Å². The lowest BCUT2D eigenvalue weighted by Gasteiger charge is -2.23. The van der Waals surface area contributed by atoms with Crippen LogP contribution >= 0.6 is 35.6 Å². The molecule has 0 radical (unpaired) electrons. The quantitative estimate of drug-likeness (QED) is 0.155. The number of amides is 2. The molecule has 0 aliphatic carbocycles. The number of benzene rings is 3. The molecular weight excluding hydrogens is 508 g/mol. The van der Waals surface area contributed by atoms with E-state index in [1.807, 2.05) is 83.8 Å². The van der Waals surface area contributed by atoms with Crippen LogP contribution in [0.15, 0.2) is 89.8 Å². The number of carbonyl (C=O) groups is 2. The van der Waals surface area contributed by atoms with E-state index in [-0.39, 0.29) is 11.8 Å². The lowest BCUT2D eigenvalue weighted by molar-refractivity contribution is -0.122. The van der Waals surface area contributed by atoms with Gasteiger partial charge in [-0.3, -0.25) is 14.5 Å². The predicted octanol–water partition coefficient (Wildman–Crippen LogP) is 7.34. The minimum atomic E-state index is -0.0610. The molecule has 0 saturated carbocycles. The summed E-state index contributed by atoms with van der Waals surface area (Å²) in [6, 6.07) is 27.2. The molecule has 4 rings (SSSR count). The Kier molecular flexibility index (Phi) is 9.34. The van der Waals surface area contributed by atoms with Crippen molar-refractivity contribution in [3.63, 3.8) is 0 Å². The van der Waals surface area contributed by atoms with Crippen LogP contribution in [0.4, 0.5) is 5.69 Å². The molecule has 2 amide bonds. The maximum Gasteiger partial charge on any atom is 0.266 e. The van der Waals surface area contributed by atoms with E-state index in [4.69, 9.17) is 23.8 Å². The van der Waals surface area contributed by atoms with E-state index in [1.165, 1.54) is 11.8 Å². The Morgan fingerprint density at radius 3 is 2.28 bits per heavy atom. The standard InChI is InChI=1S/C29H27ClN2O2S2/c30-24-17-15-22(16-18-24)20-26-28(34)31(29(35)36-26)19-9-3-8-14-27(33)32(25-12-6-2-7-13-25)21-23-10-4-1-5-11-23/h1-2,4-7,10-13,15-18,20H,3,8-9,14,19,21H2/b26-20-. The first kappa shape index (κ1) is 26.1. The Morgan fingerprint density at radius 1 is 0.917 bits per heavy atom. The summed E-state index contributed by atoms with van der Waals surface area (Å²) in [5.74, 6) is 0.0377. The Hall–Kier alpha value is -2.93. The number of unbranched alkanes of at least 4 members (excludes halogenated alkanes) is 2. The molecule has 0 spiro atoms. The number of carbonyl (C=O) groups excluding carboxylic acids is 2. The highest BCUT2D eigenvalue weighted by Crippen LogP contribution is 2.33. The highest BCUT2D eigenvalue weighted by atomic mass is 35.5. The Morgan fingerprint density at radius 2 is 1.58 bits per heavy atom. The number of hydrogen-bond acceptors (Lipinski definition) is 4. The van der Waals surface area contributed by atoms with Gasteiger partial charge in [0.05, 0.1) is 11.4 Å². The second-order valence-corrected chi connectivity index (χ2v) is 10.6. The summed E-state index contributed by atoms with van der Waals surface area (Å²) in [5.41, 5.74) is 2.91. The van der Waals surface area contributed by atoms with E-state index < -0.39 is 0 Å². The van der Waals surface area contributed by atoms with Crippen LogP contribution in [0.1, 0.15) is 36.8 Å². The number of thiocarbonyl (C=S) groups is 1. The van der Waals surface area contributed by atoms with Crippen LogP contribution in [-0.4, -0.2) is 27.6 Å². The largest absolute Gasteiger partial charge is 0.308 e. The van der Waals surface area contributed by atoms with Crippen molar-refractivity contribution >= 4 is 63.5 Å². The Labute approximate surface area is 226 Å². The van der Waals surface area contributed by atoms with Crippen molar-refractivity contribution in [3.05, 3.63) is 106 Å². The van der Waals surface area contributed by atoms with Crippen molar-refractivity contribution < 1.29 is 9.59 Å². The molecule has 0 bridgehead atoms. The van der Waals surface area contributed by atoms with Crippen molar-refractivity contribution in [1.29, 1.82) is 0 Å². The van der Waals surface area contributed by atoms with E-state index in [2.05, 4.69) is 0 Å². The Balaban J connectivity index is 1.27. The highest BCUT2D eigenvalue weighted by molar-refractivity contribution is 8.26. The molecule has 0 aromatic heterocycles. The van der Waals surface area contributed by atoms with E-state index in [1.54, 1.807) is 17.0 Å². The molecule has 1 aliphatic rings. The van der Waals surface area contributed by atoms with Gasteiger partial charge in [-0.2, -0.15) is 0 Å². The topological polar surface area (TPSA) is 40.6 Å². The number of para-hydroxylation sites is 1. The van der Waals surface area contributed by atoms with Gasteiger partial charge < -0.3 is 4.90 Å². The van der Waals surface area contributed by atoms with Gasteiger partial charge >= 0.3 is 0 Å². The van der Waals surface area contributed by atoms with Gasteiger partial charge in [0.15, 0.2) is 0 Å². The first-order chi connectivity index (χ1) is 17.5. The highest BCUT2D eigenvalue weighted by Gasteiger charge is 2.31. The normalized spacial score (nSPS) is 14.5. The molecule has 0 unspecified atom stereocenters. The average molecular weight is 535 g/mol. The van der Waals surface area contributed by atoms with Crippen molar-refractivity contribution in [1.82, 2.24) is 4.90 Å². The molecule has 7 heteroatoms. The van der Waals surface area contributed by atoms with Crippen molar-refractivity contribution in [2.45, 2.75) is 32.2 Å². The molecule has 0 N–H and O–H groups in total. The zero-order valence-corrected chi connectivity index (χ0v) is 22.2. The second kappa shape index (κ2) is 12.9. The van der Waals surface area contributed by atoms with Crippen LogP contribution in [0.3, 0.4) is 0 Å². The monoisotopic (exact) mass is 534 g/mol. The van der Waals surface area contributed by atoms with Crippen molar-refractivity contribution in [3.8, 4) is 0 Å². The van der Waals surface area contributed by atoms with E-state index >= 15 is 0 Å². The minimum absolute atomic E-state index is 0.0610. The maximum atomic E-state index is 13.1. The average Bonchev–Trinajstić information content (AvgIpc) is 3.16. The van der Waals surface area contributed by atoms with Gasteiger partial charge in [-0.25, -0.2) is 0 Å². The summed E-state index contributed by atoms with van der Waals surface area (Å²) in [7, 11) is 0. The van der Waals surface area contributed by atoms with E-state index in [0.717, 1.165) is 36.1 Å². The molecule has 1 fully saturated rings. The number of nitrogens with zero attached hydrogens (tertiary/aromatic N) is 2. The molecule has 4 nitrogen and oxygen atoms in total. The number of thioether (sulfide) groups is 1. The zero-order valence-electron chi connectivity index (χ0n) is 19.8. The molecule has 3 aromatic carbocycles. The van der Waals surface area contributed by atoms with Crippen LogP contribution in [0.5, 0.6) is 0 Å². The fraction of sp³-hybridized carbons (Fsp3) is 0.207. The second-order valence-electron chi connectivity index (χ2n) is 8.50. The first-order valence-corrected chi connectivity index (χ1v) is 13.5. The van der Waals surface area contributed by atoms with Crippen molar-refractivity contribution in [2.24, 2.45) is 0 Å². The fourth-order valence-corrected chi connectivity index (χ4v) is 5.39. The SMILES string of the molecule is O=C1/C(=C/c2ccc(Cl)cc2)SC(=S)N1CCCCCC(=O)N(Cc1ccccc1)c1ccccc1. The lowest BCUT2D eigenvalue weighted by atomic mass is 10.1. The third kappa shape index (κ3) is 7.06. The fourth-order valence-electron chi connectivity index (χ4n) is 3.96. The molecule has 184 valence electrons. The first-order valence-electron chi connectivity index (χ1n) is 11.9. The smallest absolute Gasteiger partial charge is 0.266 e. The predicted molar refractivity (Wildman–Crippen MR) is 154 cm³/mol. The number of anilines is 1. The molecule has 1 heterocycles. The molecule has 36 heavy (non-hydrogen) atoms. The van der Waals surface area contributed by atoms with Crippen molar-refractivity contribution in [2.75, 3.05) is 11.4 Å². The minimum Gasteiger partial charge on any atom is -0.308 e.